The van der Waals surface area contributed by atoms with E-state index in [1.165, 1.54) is 0 Å². The van der Waals surface area contributed by atoms with E-state index in [9.17, 15) is 14.7 Å². The number of hydrogen-bond acceptors (Lipinski definition) is 3. The van der Waals surface area contributed by atoms with E-state index in [4.69, 9.17) is 4.74 Å². The number of aliphatic carboxylic acids is 1. The zero-order chi connectivity index (χ0) is 15.3. The molecule has 0 saturated heterocycles. The van der Waals surface area contributed by atoms with Gasteiger partial charge >= 0.3 is 12.1 Å². The second-order valence-corrected chi connectivity index (χ2v) is 5.78. The van der Waals surface area contributed by atoms with E-state index in [1.54, 1.807) is 45.0 Å². The maximum absolute atomic E-state index is 11.7. The van der Waals surface area contributed by atoms with Crippen molar-refractivity contribution in [3.05, 3.63) is 41.6 Å². The number of carbonyl (C=O) groups excluding carboxylic acids is 1. The lowest BCUT2D eigenvalue weighted by atomic mass is 10.2. The van der Waals surface area contributed by atoms with Crippen LogP contribution in [0.2, 0.25) is 0 Å². The minimum atomic E-state index is -1.26. The average molecular weight is 342 g/mol. The second kappa shape index (κ2) is 6.56. The minimum Gasteiger partial charge on any atom is -0.477 e. The fourth-order valence-electron chi connectivity index (χ4n) is 1.34. The zero-order valence-electron chi connectivity index (χ0n) is 11.4. The highest BCUT2D eigenvalue weighted by molar-refractivity contribution is 9.15. The number of ether oxygens (including phenoxy) is 1. The third-order valence-corrected chi connectivity index (χ3v) is 2.94. The molecule has 1 aromatic rings. The van der Waals surface area contributed by atoms with Gasteiger partial charge in [0.1, 0.15) is 11.3 Å². The van der Waals surface area contributed by atoms with Crippen LogP contribution >= 0.6 is 15.9 Å². The Labute approximate surface area is 125 Å². The van der Waals surface area contributed by atoms with Crippen LogP contribution in [0.5, 0.6) is 0 Å². The molecule has 0 radical (unpaired) electrons. The number of carboxylic acids is 1. The Morgan fingerprint density at radius 3 is 2.20 bits per heavy atom. The van der Waals surface area contributed by atoms with Gasteiger partial charge in [-0.3, -0.25) is 5.32 Å². The molecule has 1 rings (SSSR count). The fourth-order valence-corrected chi connectivity index (χ4v) is 1.87. The minimum absolute atomic E-state index is 0.273. The summed E-state index contributed by atoms with van der Waals surface area (Å²) in [5.41, 5.74) is -0.334. The predicted octanol–water partition coefficient (Wildman–Crippen LogP) is 3.36. The van der Waals surface area contributed by atoms with Crippen molar-refractivity contribution in [2.45, 2.75) is 26.4 Å². The molecule has 1 amide bonds. The molecular weight excluding hydrogens is 326 g/mol. The third kappa shape index (κ3) is 5.05. The summed E-state index contributed by atoms with van der Waals surface area (Å²) in [6.07, 6.45) is -0.817. The molecule has 108 valence electrons. The molecule has 0 aromatic heterocycles. The van der Waals surface area contributed by atoms with Crippen molar-refractivity contribution in [1.82, 2.24) is 5.32 Å². The van der Waals surface area contributed by atoms with Crippen molar-refractivity contribution in [3.8, 4) is 0 Å². The molecule has 1 aromatic carbocycles. The first-order chi connectivity index (χ1) is 9.20. The lowest BCUT2D eigenvalue weighted by Gasteiger charge is -2.20. The van der Waals surface area contributed by atoms with Gasteiger partial charge in [-0.1, -0.05) is 30.3 Å². The Morgan fingerprint density at radius 1 is 1.20 bits per heavy atom. The van der Waals surface area contributed by atoms with E-state index >= 15 is 0 Å². The van der Waals surface area contributed by atoms with Crippen LogP contribution in [0.25, 0.3) is 4.48 Å². The highest BCUT2D eigenvalue weighted by Gasteiger charge is 2.21. The number of carboxylic acid groups (broad SMARTS) is 1. The van der Waals surface area contributed by atoms with Crippen LogP contribution < -0.4 is 5.32 Å². The van der Waals surface area contributed by atoms with Crippen molar-refractivity contribution in [2.24, 2.45) is 0 Å². The van der Waals surface area contributed by atoms with E-state index in [0.29, 0.717) is 5.56 Å². The number of alkyl carbamates (subject to hydrolysis) is 1. The lowest BCUT2D eigenvalue weighted by Crippen LogP contribution is -2.34. The molecule has 0 atom stereocenters. The largest absolute Gasteiger partial charge is 0.477 e. The molecule has 0 bridgehead atoms. The molecule has 0 spiro atoms. The summed E-state index contributed by atoms with van der Waals surface area (Å²) < 4.78 is 5.31. The van der Waals surface area contributed by atoms with Crippen molar-refractivity contribution >= 4 is 32.5 Å². The van der Waals surface area contributed by atoms with Crippen LogP contribution in [0, 0.1) is 0 Å². The summed E-state index contributed by atoms with van der Waals surface area (Å²) in [7, 11) is 0. The van der Waals surface area contributed by atoms with Crippen LogP contribution in [0.1, 0.15) is 26.3 Å². The number of benzene rings is 1. The van der Waals surface area contributed by atoms with Gasteiger partial charge in [-0.15, -0.1) is 0 Å². The molecule has 6 heteroatoms. The molecule has 0 unspecified atom stereocenters. The molecular formula is C14H16BrNO4. The maximum atomic E-state index is 11.7. The molecule has 2 N–H and O–H groups in total. The van der Waals surface area contributed by atoms with Crippen LogP contribution in [0.4, 0.5) is 4.79 Å². The number of carbonyl (C=O) groups is 2. The van der Waals surface area contributed by atoms with Crippen LogP contribution in [-0.2, 0) is 9.53 Å². The van der Waals surface area contributed by atoms with Gasteiger partial charge in [-0.2, -0.15) is 0 Å². The van der Waals surface area contributed by atoms with Crippen molar-refractivity contribution in [1.29, 1.82) is 0 Å². The molecule has 20 heavy (non-hydrogen) atoms. The Kier molecular flexibility index (Phi) is 5.33. The Hall–Kier alpha value is -1.82. The van der Waals surface area contributed by atoms with Crippen LogP contribution in [0.15, 0.2) is 36.0 Å². The van der Waals surface area contributed by atoms with Gasteiger partial charge in [0.25, 0.3) is 0 Å². The van der Waals surface area contributed by atoms with Gasteiger partial charge in [0.15, 0.2) is 0 Å². The summed E-state index contributed by atoms with van der Waals surface area (Å²) in [6, 6.07) is 8.80. The maximum Gasteiger partial charge on any atom is 0.412 e. The highest BCUT2D eigenvalue weighted by atomic mass is 79.9. The lowest BCUT2D eigenvalue weighted by molar-refractivity contribution is -0.133. The molecule has 0 saturated carbocycles. The first kappa shape index (κ1) is 16.2. The van der Waals surface area contributed by atoms with Gasteiger partial charge in [-0.25, -0.2) is 9.59 Å². The quantitative estimate of drug-likeness (QED) is 0.826. The van der Waals surface area contributed by atoms with Gasteiger partial charge < -0.3 is 9.84 Å². The van der Waals surface area contributed by atoms with Crippen molar-refractivity contribution < 1.29 is 19.4 Å². The molecule has 0 aliphatic heterocycles. The standard InChI is InChI=1S/C14H16BrNO4/c1-14(2,3)20-13(19)16-11(12(17)18)10(15)9-7-5-4-6-8-9/h4-8H,1-3H3,(H,16,19)(H,17,18). The number of hydrogen-bond donors (Lipinski definition) is 2. The molecule has 0 heterocycles. The Morgan fingerprint density at radius 2 is 1.75 bits per heavy atom. The van der Waals surface area contributed by atoms with Crippen molar-refractivity contribution in [2.75, 3.05) is 0 Å². The van der Waals surface area contributed by atoms with E-state index in [-0.39, 0.29) is 10.2 Å². The first-order valence-corrected chi connectivity index (χ1v) is 6.68. The second-order valence-electron chi connectivity index (χ2n) is 4.99. The zero-order valence-corrected chi connectivity index (χ0v) is 13.0. The monoisotopic (exact) mass is 341 g/mol. The first-order valence-electron chi connectivity index (χ1n) is 5.89. The third-order valence-electron chi connectivity index (χ3n) is 2.09. The van der Waals surface area contributed by atoms with E-state index < -0.39 is 17.7 Å². The number of halogens is 1. The molecule has 5 nitrogen and oxygen atoms in total. The Balaban J connectivity index is 3.01. The summed E-state index contributed by atoms with van der Waals surface area (Å²) in [5.74, 6) is -1.26. The SMILES string of the molecule is CC(C)(C)OC(=O)NC(C(=O)O)=C(Br)c1ccccc1. The average Bonchev–Trinajstić information content (AvgIpc) is 2.34. The van der Waals surface area contributed by atoms with Gasteiger partial charge in [0, 0.05) is 0 Å². The predicted molar refractivity (Wildman–Crippen MR) is 79.3 cm³/mol. The molecule has 0 aliphatic carbocycles. The summed E-state index contributed by atoms with van der Waals surface area (Å²) in [5, 5.41) is 11.4. The van der Waals surface area contributed by atoms with Crippen LogP contribution in [0.3, 0.4) is 0 Å². The molecule has 0 aliphatic rings. The normalized spacial score (nSPS) is 12.4. The van der Waals surface area contributed by atoms with E-state index in [0.717, 1.165) is 0 Å². The smallest absolute Gasteiger partial charge is 0.412 e. The number of rotatable bonds is 3. The van der Waals surface area contributed by atoms with E-state index in [1.807, 2.05) is 6.07 Å². The fraction of sp³-hybridized carbons (Fsp3) is 0.286. The van der Waals surface area contributed by atoms with E-state index in [2.05, 4.69) is 21.2 Å². The summed E-state index contributed by atoms with van der Waals surface area (Å²) in [6.45, 7) is 5.09. The van der Waals surface area contributed by atoms with Gasteiger partial charge in [-0.05, 0) is 42.3 Å². The highest BCUT2D eigenvalue weighted by Crippen LogP contribution is 2.24. The van der Waals surface area contributed by atoms with Gasteiger partial charge in [0.05, 0.1) is 4.48 Å². The summed E-state index contributed by atoms with van der Waals surface area (Å²) in [4.78, 5) is 22.9. The van der Waals surface area contributed by atoms with Crippen LogP contribution in [-0.4, -0.2) is 22.8 Å². The van der Waals surface area contributed by atoms with Crippen molar-refractivity contribution in [3.63, 3.8) is 0 Å². The topological polar surface area (TPSA) is 75.6 Å². The Bertz CT molecular complexity index is 532. The van der Waals surface area contributed by atoms with Gasteiger partial charge in [0.2, 0.25) is 0 Å². The number of nitrogens with one attached hydrogen (secondary N) is 1. The number of amides is 1. The molecule has 0 fully saturated rings. The summed E-state index contributed by atoms with van der Waals surface area (Å²) >= 11 is 3.19.